The van der Waals surface area contributed by atoms with Gasteiger partial charge in [-0.05, 0) is 0 Å². The van der Waals surface area contributed by atoms with Gasteiger partial charge in [-0.25, -0.2) is 5.01 Å². The van der Waals surface area contributed by atoms with E-state index in [1.165, 1.54) is 0 Å². The molecule has 0 aromatic carbocycles. The van der Waals surface area contributed by atoms with Gasteiger partial charge in [-0.2, -0.15) is 4.99 Å². The second-order valence-electron chi connectivity index (χ2n) is 2.93. The normalized spacial score (nSPS) is 20.9. The second kappa shape index (κ2) is 5.40. The maximum atomic E-state index is 5.60. The van der Waals surface area contributed by atoms with Crippen molar-refractivity contribution in [3.05, 3.63) is 0 Å². The van der Waals surface area contributed by atoms with Gasteiger partial charge in [0.2, 0.25) is 11.9 Å². The average molecular weight is 199 g/mol. The summed E-state index contributed by atoms with van der Waals surface area (Å²) in [6, 6.07) is 0. The summed E-state index contributed by atoms with van der Waals surface area (Å²) < 4.78 is 0. The Balaban J connectivity index is 2.38. The van der Waals surface area contributed by atoms with E-state index in [0.29, 0.717) is 0 Å². The van der Waals surface area contributed by atoms with Gasteiger partial charge >= 0.3 is 0 Å². The number of hydrogen-bond acceptors (Lipinski definition) is 3. The van der Waals surface area contributed by atoms with Gasteiger partial charge in [0.1, 0.15) is 0 Å². The molecular formula is C7H17N7. The fraction of sp³-hybridized carbons (Fsp3) is 0.714. The molecule has 0 amide bonds. The molecule has 0 saturated carbocycles. The molecule has 1 fully saturated rings. The molecular weight excluding hydrogens is 182 g/mol. The minimum Gasteiger partial charge on any atom is -0.368 e. The fourth-order valence-corrected chi connectivity index (χ4v) is 1.14. The quantitative estimate of drug-likeness (QED) is 0.280. The Hall–Kier alpha value is -1.34. The summed E-state index contributed by atoms with van der Waals surface area (Å²) in [4.78, 5) is 7.52. The predicted octanol–water partition coefficient (Wildman–Crippen LogP) is -2.34. The third-order valence-corrected chi connectivity index (χ3v) is 1.85. The first-order valence-electron chi connectivity index (χ1n) is 4.51. The molecule has 14 heavy (non-hydrogen) atoms. The first kappa shape index (κ1) is 10.7. The van der Waals surface area contributed by atoms with Crippen molar-refractivity contribution in [2.24, 2.45) is 21.5 Å². The van der Waals surface area contributed by atoms with Crippen LogP contribution in [0.15, 0.2) is 9.98 Å². The average Bonchev–Trinajstić information content (AvgIpc) is 2.19. The van der Waals surface area contributed by atoms with Crippen molar-refractivity contribution in [2.45, 2.75) is 0 Å². The van der Waals surface area contributed by atoms with E-state index in [1.54, 1.807) is 7.05 Å². The maximum absolute atomic E-state index is 5.60. The number of hydrazine groups is 1. The van der Waals surface area contributed by atoms with E-state index in [9.17, 15) is 0 Å². The lowest BCUT2D eigenvalue weighted by molar-refractivity contribution is 0.205. The molecule has 1 saturated heterocycles. The van der Waals surface area contributed by atoms with Crippen LogP contribution in [0.2, 0.25) is 0 Å². The van der Waals surface area contributed by atoms with Crippen LogP contribution in [0.25, 0.3) is 0 Å². The fourth-order valence-electron chi connectivity index (χ4n) is 1.14. The highest BCUT2D eigenvalue weighted by Gasteiger charge is 2.09. The topological polar surface area (TPSA) is 104 Å². The monoisotopic (exact) mass is 199 g/mol. The molecule has 1 heterocycles. The molecule has 0 aromatic rings. The Morgan fingerprint density at radius 3 is 2.57 bits per heavy atom. The first-order valence-corrected chi connectivity index (χ1v) is 4.51. The van der Waals surface area contributed by atoms with Crippen molar-refractivity contribution in [3.8, 4) is 0 Å². The molecule has 1 aliphatic heterocycles. The molecule has 0 atom stereocenters. The zero-order valence-electron chi connectivity index (χ0n) is 8.32. The summed E-state index contributed by atoms with van der Waals surface area (Å²) >= 11 is 0. The number of nitrogens with two attached hydrogens (primary N) is 2. The van der Waals surface area contributed by atoms with E-state index in [4.69, 9.17) is 11.5 Å². The van der Waals surface area contributed by atoms with Crippen LogP contribution in [0.3, 0.4) is 0 Å². The van der Waals surface area contributed by atoms with Gasteiger partial charge in [0, 0.05) is 33.2 Å². The molecule has 0 unspecified atom stereocenters. The molecule has 1 aliphatic rings. The van der Waals surface area contributed by atoms with Gasteiger partial charge in [0.05, 0.1) is 0 Å². The third kappa shape index (κ3) is 3.58. The van der Waals surface area contributed by atoms with Gasteiger partial charge in [-0.3, -0.25) is 10.4 Å². The van der Waals surface area contributed by atoms with Crippen LogP contribution in [0.4, 0.5) is 0 Å². The minimum atomic E-state index is 0.171. The predicted molar refractivity (Wildman–Crippen MR) is 56.7 cm³/mol. The number of guanidine groups is 2. The Morgan fingerprint density at radius 2 is 2.00 bits per heavy atom. The Morgan fingerprint density at radius 1 is 1.36 bits per heavy atom. The summed E-state index contributed by atoms with van der Waals surface area (Å²) in [5, 5.41) is 5.21. The molecule has 1 rings (SSSR count). The molecule has 7 nitrogen and oxygen atoms in total. The van der Waals surface area contributed by atoms with Crippen LogP contribution in [0, 0.1) is 0 Å². The largest absolute Gasteiger partial charge is 0.368 e. The number of nitrogens with one attached hydrogen (secondary N) is 2. The Kier molecular flexibility index (Phi) is 4.14. The second-order valence-corrected chi connectivity index (χ2v) is 2.93. The van der Waals surface area contributed by atoms with E-state index in [2.05, 4.69) is 20.7 Å². The summed E-state index contributed by atoms with van der Waals surface area (Å²) in [6.45, 7) is 3.66. The molecule has 0 radical (unpaired) electrons. The van der Waals surface area contributed by atoms with Crippen molar-refractivity contribution in [2.75, 3.05) is 33.2 Å². The highest BCUT2D eigenvalue weighted by Crippen LogP contribution is 1.85. The van der Waals surface area contributed by atoms with Crippen molar-refractivity contribution < 1.29 is 0 Å². The number of rotatable bonds is 1. The van der Waals surface area contributed by atoms with Crippen LogP contribution >= 0.6 is 0 Å². The molecule has 80 valence electrons. The Bertz CT molecular complexity index is 228. The lowest BCUT2D eigenvalue weighted by Gasteiger charge is -2.27. The zero-order chi connectivity index (χ0) is 10.4. The van der Waals surface area contributed by atoms with E-state index < -0.39 is 0 Å². The zero-order valence-corrected chi connectivity index (χ0v) is 8.32. The van der Waals surface area contributed by atoms with E-state index >= 15 is 0 Å². The highest BCUT2D eigenvalue weighted by atomic mass is 15.5. The van der Waals surface area contributed by atoms with E-state index in [-0.39, 0.29) is 11.9 Å². The van der Waals surface area contributed by atoms with Gasteiger partial charge in [0.15, 0.2) is 0 Å². The van der Waals surface area contributed by atoms with Crippen LogP contribution in [-0.4, -0.2) is 50.2 Å². The third-order valence-electron chi connectivity index (χ3n) is 1.85. The number of aliphatic imine (C=N–C) groups is 2. The number of nitrogens with zero attached hydrogens (tertiary/aromatic N) is 3. The number of piperazine rings is 1. The van der Waals surface area contributed by atoms with Crippen molar-refractivity contribution in [3.63, 3.8) is 0 Å². The molecule has 6 N–H and O–H groups in total. The summed E-state index contributed by atoms with van der Waals surface area (Å²) in [7, 11) is 1.57. The van der Waals surface area contributed by atoms with Gasteiger partial charge in [0.25, 0.3) is 0 Å². The summed E-state index contributed by atoms with van der Waals surface area (Å²) in [5.41, 5.74) is 13.9. The molecule has 7 heteroatoms. The minimum absolute atomic E-state index is 0.171. The van der Waals surface area contributed by atoms with Gasteiger partial charge in [-0.15, -0.1) is 0 Å². The molecule has 0 bridgehead atoms. The lowest BCUT2D eigenvalue weighted by Crippen LogP contribution is -2.54. The molecule has 0 aliphatic carbocycles. The Labute approximate surface area is 83.2 Å². The van der Waals surface area contributed by atoms with Crippen LogP contribution in [-0.2, 0) is 0 Å². The SMILES string of the molecule is CN=C(N)/N=C(\N)NN1CCNCC1. The maximum Gasteiger partial charge on any atom is 0.218 e. The summed E-state index contributed by atoms with van der Waals surface area (Å²) in [5.74, 6) is 0.445. The highest BCUT2D eigenvalue weighted by molar-refractivity contribution is 5.92. The van der Waals surface area contributed by atoms with Crippen molar-refractivity contribution in [1.29, 1.82) is 0 Å². The van der Waals surface area contributed by atoms with E-state index in [0.717, 1.165) is 26.2 Å². The molecule has 0 spiro atoms. The summed E-state index contributed by atoms with van der Waals surface area (Å²) in [6.07, 6.45) is 0. The van der Waals surface area contributed by atoms with Crippen molar-refractivity contribution >= 4 is 11.9 Å². The van der Waals surface area contributed by atoms with Crippen LogP contribution in [0.1, 0.15) is 0 Å². The van der Waals surface area contributed by atoms with Crippen LogP contribution in [0.5, 0.6) is 0 Å². The van der Waals surface area contributed by atoms with Gasteiger partial charge < -0.3 is 16.8 Å². The van der Waals surface area contributed by atoms with Crippen molar-refractivity contribution in [1.82, 2.24) is 15.8 Å². The number of hydrogen-bond donors (Lipinski definition) is 4. The standard InChI is InChI=1S/C7H17N7/c1-10-6(8)12-7(9)13-14-4-2-11-3-5-14/h11H,2-5H2,1H3,(H5,8,9,10,12,13). The van der Waals surface area contributed by atoms with E-state index in [1.807, 2.05) is 5.01 Å². The van der Waals surface area contributed by atoms with Gasteiger partial charge in [-0.1, -0.05) is 0 Å². The first-order chi connectivity index (χ1) is 6.72. The smallest absolute Gasteiger partial charge is 0.218 e. The molecule has 0 aromatic heterocycles. The van der Waals surface area contributed by atoms with Crippen LogP contribution < -0.4 is 22.2 Å². The lowest BCUT2D eigenvalue weighted by atomic mass is 10.4.